The van der Waals surface area contributed by atoms with Crippen LogP contribution in [0.1, 0.15) is 27.0 Å². The Labute approximate surface area is 251 Å². The lowest BCUT2D eigenvalue weighted by atomic mass is 9.95. The molecule has 0 saturated carbocycles. The van der Waals surface area contributed by atoms with E-state index in [1.165, 1.54) is 5.56 Å². The molecule has 2 atom stereocenters. The number of carbonyl (C=O) groups is 3. The first-order chi connectivity index (χ1) is 20.4. The maximum atomic E-state index is 13.9. The van der Waals surface area contributed by atoms with Crippen molar-refractivity contribution in [2.24, 2.45) is 5.73 Å². The smallest absolute Gasteiger partial charge is 0.253 e. The van der Waals surface area contributed by atoms with Crippen LogP contribution in [0.25, 0.3) is 0 Å². The maximum Gasteiger partial charge on any atom is 0.253 e. The van der Waals surface area contributed by atoms with Gasteiger partial charge in [-0.1, -0.05) is 60.1 Å². The van der Waals surface area contributed by atoms with Crippen LogP contribution in [0, 0.1) is 0 Å². The fraction of sp³-hybridized carbons (Fsp3) is 0.344. The molecule has 5 N–H and O–H groups in total. The molecule has 0 aromatic heterocycles. The molecule has 0 spiro atoms. The van der Waals surface area contributed by atoms with Gasteiger partial charge < -0.3 is 31.5 Å². The summed E-state index contributed by atoms with van der Waals surface area (Å²) in [4.78, 5) is 44.0. The van der Waals surface area contributed by atoms with Gasteiger partial charge in [-0.05, 0) is 47.4 Å². The van der Waals surface area contributed by atoms with Crippen LogP contribution in [0.2, 0.25) is 5.02 Å². The second-order valence-corrected chi connectivity index (χ2v) is 11.1. The Morgan fingerprint density at radius 2 is 1.62 bits per heavy atom. The summed E-state index contributed by atoms with van der Waals surface area (Å²) in [7, 11) is 0. The lowest BCUT2D eigenvalue weighted by Crippen LogP contribution is -2.58. The zero-order valence-electron chi connectivity index (χ0n) is 23.5. The first kappa shape index (κ1) is 29.6. The summed E-state index contributed by atoms with van der Waals surface area (Å²) in [5, 5.41) is 9.84. The van der Waals surface area contributed by atoms with Crippen molar-refractivity contribution in [3.63, 3.8) is 0 Å². The van der Waals surface area contributed by atoms with Crippen molar-refractivity contribution in [3.8, 4) is 0 Å². The Kier molecular flexibility index (Phi) is 9.74. The second-order valence-electron chi connectivity index (χ2n) is 10.7. The van der Waals surface area contributed by atoms with Crippen LogP contribution in [0.4, 0.5) is 5.69 Å². The number of rotatable bonds is 9. The standard InChI is InChI=1S/C32H37ClN6O3/c33-25-11-9-22(10-12-25)19-28(37-31(41)27-20-23-5-1-2-6-24(23)21-36-27)32(42)39-17-15-38(16-18-39)29-8-4-3-7-26(29)30(40)35-14-13-34/h1-12,27-28,36H,13-21,34H2,(H,35,40)(H,37,41)/t27-,28+/m0/s1. The molecule has 2 heterocycles. The summed E-state index contributed by atoms with van der Waals surface area (Å²) in [5.41, 5.74) is 10.2. The number of hydrogen-bond acceptors (Lipinski definition) is 6. The Morgan fingerprint density at radius 3 is 2.36 bits per heavy atom. The molecule has 3 aromatic rings. The molecule has 5 rings (SSSR count). The van der Waals surface area contributed by atoms with E-state index in [-0.39, 0.29) is 17.7 Å². The Balaban J connectivity index is 1.27. The molecule has 9 nitrogen and oxygen atoms in total. The van der Waals surface area contributed by atoms with E-state index in [1.54, 1.807) is 23.1 Å². The summed E-state index contributed by atoms with van der Waals surface area (Å²) in [5.74, 6) is -0.477. The Hall–Kier alpha value is -3.92. The van der Waals surface area contributed by atoms with E-state index < -0.39 is 12.1 Å². The molecule has 1 fully saturated rings. The maximum absolute atomic E-state index is 13.9. The number of amides is 3. The van der Waals surface area contributed by atoms with Gasteiger partial charge in [-0.15, -0.1) is 0 Å². The molecule has 3 amide bonds. The van der Waals surface area contributed by atoms with Gasteiger partial charge in [0.2, 0.25) is 11.8 Å². The Bertz CT molecular complexity index is 1410. The van der Waals surface area contributed by atoms with Crippen LogP contribution < -0.4 is 26.6 Å². The second kappa shape index (κ2) is 13.8. The number of hydrogen-bond donors (Lipinski definition) is 4. The van der Waals surface area contributed by atoms with E-state index in [0.29, 0.717) is 69.2 Å². The van der Waals surface area contributed by atoms with Crippen molar-refractivity contribution in [1.29, 1.82) is 0 Å². The highest BCUT2D eigenvalue weighted by atomic mass is 35.5. The van der Waals surface area contributed by atoms with Gasteiger partial charge in [0.25, 0.3) is 5.91 Å². The average molecular weight is 589 g/mol. The highest BCUT2D eigenvalue weighted by molar-refractivity contribution is 6.30. The minimum atomic E-state index is -0.724. The van der Waals surface area contributed by atoms with Crippen molar-refractivity contribution in [3.05, 3.63) is 100 Å². The fourth-order valence-corrected chi connectivity index (χ4v) is 5.70. The number of nitrogens with two attached hydrogens (primary N) is 1. The molecule has 0 unspecified atom stereocenters. The van der Waals surface area contributed by atoms with Crippen molar-refractivity contribution >= 4 is 35.0 Å². The normalized spacial score (nSPS) is 17.2. The zero-order chi connectivity index (χ0) is 29.5. The molecule has 220 valence electrons. The molecule has 2 aliphatic heterocycles. The van der Waals surface area contributed by atoms with Gasteiger partial charge >= 0.3 is 0 Å². The first-order valence-electron chi connectivity index (χ1n) is 14.4. The fourth-order valence-electron chi connectivity index (χ4n) is 5.58. The molecule has 10 heteroatoms. The molecule has 2 aliphatic rings. The van der Waals surface area contributed by atoms with E-state index in [2.05, 4.69) is 26.9 Å². The number of nitrogens with zero attached hydrogens (tertiary/aromatic N) is 2. The van der Waals surface area contributed by atoms with E-state index in [4.69, 9.17) is 17.3 Å². The van der Waals surface area contributed by atoms with Crippen LogP contribution in [-0.2, 0) is 29.0 Å². The minimum Gasteiger partial charge on any atom is -0.367 e. The number of benzene rings is 3. The number of piperazine rings is 1. The van der Waals surface area contributed by atoms with Crippen molar-refractivity contribution < 1.29 is 14.4 Å². The summed E-state index contributed by atoms with van der Waals surface area (Å²) < 4.78 is 0. The average Bonchev–Trinajstić information content (AvgIpc) is 3.03. The number of nitrogens with one attached hydrogen (secondary N) is 3. The Morgan fingerprint density at radius 1 is 0.929 bits per heavy atom. The third-order valence-electron chi connectivity index (χ3n) is 7.88. The molecular formula is C32H37ClN6O3. The summed E-state index contributed by atoms with van der Waals surface area (Å²) in [6.45, 7) is 3.45. The van der Waals surface area contributed by atoms with Crippen molar-refractivity contribution in [1.82, 2.24) is 20.9 Å². The van der Waals surface area contributed by atoms with Crippen molar-refractivity contribution in [2.45, 2.75) is 31.5 Å². The van der Waals surface area contributed by atoms with Gasteiger partial charge in [0.05, 0.1) is 11.6 Å². The first-order valence-corrected chi connectivity index (χ1v) is 14.8. The van der Waals surface area contributed by atoms with Crippen LogP contribution in [0.15, 0.2) is 72.8 Å². The third-order valence-corrected chi connectivity index (χ3v) is 8.13. The lowest BCUT2D eigenvalue weighted by Gasteiger charge is -2.38. The number of fused-ring (bicyclic) bond motifs is 1. The SMILES string of the molecule is NCCNC(=O)c1ccccc1N1CCN(C(=O)[C@@H](Cc2ccc(Cl)cc2)NC(=O)[C@@H]2Cc3ccccc3CN2)CC1. The van der Waals surface area contributed by atoms with E-state index in [9.17, 15) is 14.4 Å². The predicted octanol–water partition coefficient (Wildman–Crippen LogP) is 2.12. The van der Waals surface area contributed by atoms with E-state index in [1.807, 2.05) is 48.5 Å². The minimum absolute atomic E-state index is 0.122. The van der Waals surface area contributed by atoms with E-state index in [0.717, 1.165) is 16.8 Å². The molecule has 0 radical (unpaired) electrons. The van der Waals surface area contributed by atoms with Gasteiger partial charge in [0.15, 0.2) is 0 Å². The van der Waals surface area contributed by atoms with Crippen LogP contribution in [0.3, 0.4) is 0 Å². The van der Waals surface area contributed by atoms with Crippen molar-refractivity contribution in [2.75, 3.05) is 44.2 Å². The predicted molar refractivity (Wildman–Crippen MR) is 164 cm³/mol. The highest BCUT2D eigenvalue weighted by Gasteiger charge is 2.32. The molecule has 0 aliphatic carbocycles. The van der Waals surface area contributed by atoms with Crippen LogP contribution in [0.5, 0.6) is 0 Å². The summed E-state index contributed by atoms with van der Waals surface area (Å²) >= 11 is 6.09. The monoisotopic (exact) mass is 588 g/mol. The highest BCUT2D eigenvalue weighted by Crippen LogP contribution is 2.23. The molecular weight excluding hydrogens is 552 g/mol. The third kappa shape index (κ3) is 7.10. The molecule has 3 aromatic carbocycles. The van der Waals surface area contributed by atoms with Gasteiger partial charge in [-0.3, -0.25) is 14.4 Å². The molecule has 0 bridgehead atoms. The van der Waals surface area contributed by atoms with Gasteiger partial charge in [-0.2, -0.15) is 0 Å². The van der Waals surface area contributed by atoms with Gasteiger partial charge in [0, 0.05) is 62.9 Å². The lowest BCUT2D eigenvalue weighted by molar-refractivity contribution is -0.137. The number of anilines is 1. The van der Waals surface area contributed by atoms with E-state index >= 15 is 0 Å². The van der Waals surface area contributed by atoms with Gasteiger partial charge in [-0.25, -0.2) is 0 Å². The topological polar surface area (TPSA) is 120 Å². The quantitative estimate of drug-likeness (QED) is 0.304. The number of para-hydroxylation sites is 1. The molecule has 42 heavy (non-hydrogen) atoms. The number of halogens is 1. The number of carbonyl (C=O) groups excluding carboxylic acids is 3. The zero-order valence-corrected chi connectivity index (χ0v) is 24.3. The largest absolute Gasteiger partial charge is 0.367 e. The van der Waals surface area contributed by atoms with Crippen LogP contribution in [-0.4, -0.2) is 74.0 Å². The van der Waals surface area contributed by atoms with Gasteiger partial charge in [0.1, 0.15) is 6.04 Å². The van der Waals surface area contributed by atoms with Crippen LogP contribution >= 0.6 is 11.6 Å². The summed E-state index contributed by atoms with van der Waals surface area (Å²) in [6, 6.07) is 21.8. The molecule has 1 saturated heterocycles. The summed E-state index contributed by atoms with van der Waals surface area (Å²) in [6.07, 6.45) is 0.927.